The molecule has 3 nitrogen and oxygen atoms in total. The van der Waals surface area contributed by atoms with Crippen LogP contribution in [0.1, 0.15) is 48.7 Å². The highest BCUT2D eigenvalue weighted by Gasteiger charge is 2.43. The van der Waals surface area contributed by atoms with Gasteiger partial charge in [0, 0.05) is 6.42 Å². The molecule has 1 aromatic carbocycles. The van der Waals surface area contributed by atoms with E-state index in [0.29, 0.717) is 18.1 Å². The van der Waals surface area contributed by atoms with Gasteiger partial charge >= 0.3 is 0 Å². The molecule has 1 fully saturated rings. The SMILES string of the molecule is [B]C([B])(c1nc2n(n1)[C@H](c1ccccc1)C[C@@H]2F)C1CC1. The lowest BCUT2D eigenvalue weighted by atomic mass is 9.51. The van der Waals surface area contributed by atoms with E-state index in [1.807, 2.05) is 30.3 Å². The van der Waals surface area contributed by atoms with Gasteiger partial charge in [0.05, 0.1) is 21.7 Å². The largest absolute Gasteiger partial charge is 0.239 e. The lowest BCUT2D eigenvalue weighted by Gasteiger charge is -2.21. The van der Waals surface area contributed by atoms with Crippen LogP contribution in [0.5, 0.6) is 0 Å². The van der Waals surface area contributed by atoms with Crippen LogP contribution < -0.4 is 0 Å². The van der Waals surface area contributed by atoms with Crippen LogP contribution in [0, 0.1) is 5.92 Å². The van der Waals surface area contributed by atoms with Crippen LogP contribution in [0.15, 0.2) is 30.3 Å². The molecular weight excluding hydrogens is 263 g/mol. The Morgan fingerprint density at radius 1 is 1.19 bits per heavy atom. The minimum Gasteiger partial charge on any atom is -0.239 e. The molecular formula is C15H14B2FN3. The van der Waals surface area contributed by atoms with Crippen molar-refractivity contribution >= 4 is 15.7 Å². The Labute approximate surface area is 125 Å². The van der Waals surface area contributed by atoms with E-state index in [0.717, 1.165) is 18.4 Å². The van der Waals surface area contributed by atoms with Crippen molar-refractivity contribution in [3.8, 4) is 0 Å². The molecule has 1 aliphatic carbocycles. The normalized spacial score (nSPS) is 25.0. The minimum atomic E-state index is -1.12. The smallest absolute Gasteiger partial charge is 0.162 e. The summed E-state index contributed by atoms with van der Waals surface area (Å²) < 4.78 is 15.9. The Kier molecular flexibility index (Phi) is 2.78. The van der Waals surface area contributed by atoms with Crippen molar-refractivity contribution in [3.63, 3.8) is 0 Å². The van der Waals surface area contributed by atoms with Gasteiger partial charge < -0.3 is 0 Å². The maximum Gasteiger partial charge on any atom is 0.162 e. The maximum atomic E-state index is 14.3. The number of alkyl halides is 1. The molecule has 2 heterocycles. The van der Waals surface area contributed by atoms with E-state index in [1.165, 1.54) is 0 Å². The zero-order chi connectivity index (χ0) is 14.6. The van der Waals surface area contributed by atoms with Gasteiger partial charge in [-0.25, -0.2) is 14.1 Å². The number of rotatable bonds is 3. The van der Waals surface area contributed by atoms with Crippen LogP contribution >= 0.6 is 0 Å². The van der Waals surface area contributed by atoms with E-state index >= 15 is 0 Å². The zero-order valence-electron chi connectivity index (χ0n) is 11.6. The van der Waals surface area contributed by atoms with E-state index in [9.17, 15) is 4.39 Å². The molecule has 21 heavy (non-hydrogen) atoms. The predicted molar refractivity (Wildman–Crippen MR) is 79.0 cm³/mol. The summed E-state index contributed by atoms with van der Waals surface area (Å²) in [5, 5.41) is 3.40. The van der Waals surface area contributed by atoms with E-state index in [1.54, 1.807) is 4.68 Å². The Morgan fingerprint density at radius 2 is 1.90 bits per heavy atom. The van der Waals surface area contributed by atoms with Gasteiger partial charge in [0.25, 0.3) is 0 Å². The third-order valence-corrected chi connectivity index (χ3v) is 4.49. The average molecular weight is 277 g/mol. The quantitative estimate of drug-likeness (QED) is 0.805. The Hall–Kier alpha value is -1.58. The van der Waals surface area contributed by atoms with Crippen molar-refractivity contribution in [3.05, 3.63) is 47.5 Å². The number of benzene rings is 1. The summed E-state index contributed by atoms with van der Waals surface area (Å²) >= 11 is 0. The van der Waals surface area contributed by atoms with Gasteiger partial charge in [-0.3, -0.25) is 0 Å². The average Bonchev–Trinajstić information content (AvgIpc) is 3.17. The second-order valence-corrected chi connectivity index (χ2v) is 6.08. The molecule has 0 unspecified atom stereocenters. The van der Waals surface area contributed by atoms with Gasteiger partial charge in [0.15, 0.2) is 12.0 Å². The molecule has 0 N–H and O–H groups in total. The van der Waals surface area contributed by atoms with Gasteiger partial charge in [-0.1, -0.05) is 43.2 Å². The molecule has 4 rings (SSSR count). The topological polar surface area (TPSA) is 30.7 Å². The molecule has 4 radical (unpaired) electrons. The van der Waals surface area contributed by atoms with Crippen LogP contribution in [-0.4, -0.2) is 30.5 Å². The molecule has 102 valence electrons. The minimum absolute atomic E-state index is 0.132. The Balaban J connectivity index is 1.74. The number of aromatic nitrogens is 3. The molecule has 2 aliphatic rings. The Morgan fingerprint density at radius 3 is 2.57 bits per heavy atom. The van der Waals surface area contributed by atoms with Crippen LogP contribution in [0.4, 0.5) is 4.39 Å². The fourth-order valence-electron chi connectivity index (χ4n) is 3.06. The number of fused-ring (bicyclic) bond motifs is 1. The third kappa shape index (κ3) is 2.03. The van der Waals surface area contributed by atoms with Gasteiger partial charge in [-0.15, -0.1) is 0 Å². The van der Waals surface area contributed by atoms with E-state index in [2.05, 4.69) is 10.1 Å². The summed E-state index contributed by atoms with van der Waals surface area (Å²) in [5.41, 5.74) is 1.03. The summed E-state index contributed by atoms with van der Waals surface area (Å²) in [6.07, 6.45) is 1.22. The van der Waals surface area contributed by atoms with Crippen molar-refractivity contribution in [2.45, 2.75) is 36.7 Å². The summed E-state index contributed by atoms with van der Waals surface area (Å²) in [7, 11) is 12.3. The lowest BCUT2D eigenvalue weighted by molar-refractivity contribution is 0.327. The van der Waals surface area contributed by atoms with Crippen molar-refractivity contribution < 1.29 is 4.39 Å². The number of hydrogen-bond acceptors (Lipinski definition) is 2. The van der Waals surface area contributed by atoms with Gasteiger partial charge in [0.2, 0.25) is 0 Å². The number of hydrogen-bond donors (Lipinski definition) is 0. The second-order valence-electron chi connectivity index (χ2n) is 6.08. The summed E-state index contributed by atoms with van der Waals surface area (Å²) in [6.45, 7) is 0. The molecule has 1 aliphatic heterocycles. The second kappa shape index (κ2) is 4.46. The first-order chi connectivity index (χ1) is 10.1. The highest BCUT2D eigenvalue weighted by atomic mass is 19.1. The lowest BCUT2D eigenvalue weighted by Crippen LogP contribution is -2.31. The first-order valence-corrected chi connectivity index (χ1v) is 7.31. The molecule has 1 saturated carbocycles. The first-order valence-electron chi connectivity index (χ1n) is 7.31. The van der Waals surface area contributed by atoms with E-state index in [-0.39, 0.29) is 12.0 Å². The van der Waals surface area contributed by atoms with E-state index < -0.39 is 11.4 Å². The van der Waals surface area contributed by atoms with Gasteiger partial charge in [-0.2, -0.15) is 5.10 Å². The number of halogens is 1. The molecule has 0 amide bonds. The molecule has 0 bridgehead atoms. The summed E-state index contributed by atoms with van der Waals surface area (Å²) in [6, 6.07) is 9.65. The van der Waals surface area contributed by atoms with Crippen LogP contribution in [-0.2, 0) is 5.21 Å². The molecule has 1 aromatic heterocycles. The number of nitrogens with zero attached hydrogens (tertiary/aromatic N) is 3. The van der Waals surface area contributed by atoms with Gasteiger partial charge in [-0.05, 0) is 16.7 Å². The Bertz CT molecular complexity index is 667. The maximum absolute atomic E-state index is 14.3. The van der Waals surface area contributed by atoms with Crippen LogP contribution in [0.2, 0.25) is 0 Å². The fraction of sp³-hybridized carbons (Fsp3) is 0.467. The predicted octanol–water partition coefficient (Wildman–Crippen LogP) is 2.18. The zero-order valence-corrected chi connectivity index (χ0v) is 11.6. The van der Waals surface area contributed by atoms with Crippen molar-refractivity contribution in [1.82, 2.24) is 14.8 Å². The van der Waals surface area contributed by atoms with Crippen molar-refractivity contribution in [1.29, 1.82) is 0 Å². The molecule has 0 saturated heterocycles. The molecule has 6 heteroatoms. The van der Waals surface area contributed by atoms with Crippen LogP contribution in [0.25, 0.3) is 0 Å². The summed E-state index contributed by atoms with van der Waals surface area (Å²) in [4.78, 5) is 4.31. The standard InChI is InChI=1S/C15H14B2FN3/c16-15(17,10-6-7-10)14-19-13-11(18)8-12(21(13)20-14)9-4-2-1-3-5-9/h1-5,10-12H,6-8H2/t11-,12-/m0/s1. The van der Waals surface area contributed by atoms with E-state index in [4.69, 9.17) is 15.7 Å². The molecule has 2 aromatic rings. The summed E-state index contributed by atoms with van der Waals surface area (Å²) in [5.74, 6) is 0.914. The molecule has 0 spiro atoms. The van der Waals surface area contributed by atoms with Crippen molar-refractivity contribution in [2.24, 2.45) is 5.92 Å². The third-order valence-electron chi connectivity index (χ3n) is 4.49. The first kappa shape index (κ1) is 13.1. The molecule has 2 atom stereocenters. The fourth-order valence-corrected chi connectivity index (χ4v) is 3.06. The van der Waals surface area contributed by atoms with Crippen LogP contribution in [0.3, 0.4) is 0 Å². The highest BCUT2D eigenvalue weighted by molar-refractivity contribution is 6.40. The van der Waals surface area contributed by atoms with Crippen molar-refractivity contribution in [2.75, 3.05) is 0 Å². The monoisotopic (exact) mass is 277 g/mol. The highest BCUT2D eigenvalue weighted by Crippen LogP contribution is 2.45. The van der Waals surface area contributed by atoms with Gasteiger partial charge in [0.1, 0.15) is 5.82 Å².